The molecule has 1 N–H and O–H groups in total. The summed E-state index contributed by atoms with van der Waals surface area (Å²) >= 11 is 0. The molecule has 1 saturated heterocycles. The van der Waals surface area contributed by atoms with Crippen LogP contribution in [0.15, 0.2) is 24.3 Å². The number of carbonyl (C=O) groups excluding carboxylic acids is 1. The van der Waals surface area contributed by atoms with Crippen LogP contribution in [0.25, 0.3) is 0 Å². The predicted molar refractivity (Wildman–Crippen MR) is 123 cm³/mol. The van der Waals surface area contributed by atoms with E-state index in [1.165, 1.54) is 19.3 Å². The van der Waals surface area contributed by atoms with E-state index >= 15 is 0 Å². The van der Waals surface area contributed by atoms with Gasteiger partial charge in [-0.15, -0.1) is 0 Å². The number of rotatable bonds is 15. The lowest BCUT2D eigenvalue weighted by atomic mass is 10.1. The first-order valence-electron chi connectivity index (χ1n) is 11.8. The van der Waals surface area contributed by atoms with Gasteiger partial charge in [-0.2, -0.15) is 0 Å². The van der Waals surface area contributed by atoms with Crippen LogP contribution >= 0.6 is 0 Å². The Morgan fingerprint density at radius 2 is 1.81 bits per heavy atom. The smallest absolute Gasteiger partial charge is 0.412 e. The van der Waals surface area contributed by atoms with E-state index in [0.29, 0.717) is 51.0 Å². The fourth-order valence-corrected chi connectivity index (χ4v) is 3.55. The summed E-state index contributed by atoms with van der Waals surface area (Å²) in [4.78, 5) is 15.0. The second kappa shape index (κ2) is 15.9. The van der Waals surface area contributed by atoms with Crippen LogP contribution in [0.3, 0.4) is 0 Å². The van der Waals surface area contributed by atoms with E-state index in [-0.39, 0.29) is 6.10 Å². The molecule has 176 valence electrons. The summed E-state index contributed by atoms with van der Waals surface area (Å²) in [7, 11) is 0. The van der Waals surface area contributed by atoms with Gasteiger partial charge in [0.1, 0.15) is 11.9 Å². The molecule has 1 aliphatic heterocycles. The second-order valence-corrected chi connectivity index (χ2v) is 7.84. The monoisotopic (exact) mass is 436 g/mol. The van der Waals surface area contributed by atoms with Crippen LogP contribution in [0.1, 0.15) is 52.4 Å². The molecule has 1 atom stereocenters. The SMILES string of the molecule is CCCCCOc1ccccc1NC(=O)OC(COCCOCC)CN1CCCCC1. The van der Waals surface area contributed by atoms with Crippen LogP contribution in [0.5, 0.6) is 5.75 Å². The highest BCUT2D eigenvalue weighted by Crippen LogP contribution is 2.24. The Balaban J connectivity index is 1.87. The van der Waals surface area contributed by atoms with Crippen LogP contribution in [-0.2, 0) is 14.2 Å². The van der Waals surface area contributed by atoms with E-state index in [1.54, 1.807) is 0 Å². The fourth-order valence-electron chi connectivity index (χ4n) is 3.55. The van der Waals surface area contributed by atoms with Crippen molar-refractivity contribution in [1.82, 2.24) is 4.90 Å². The van der Waals surface area contributed by atoms with Crippen molar-refractivity contribution in [2.75, 3.05) is 58.0 Å². The third kappa shape index (κ3) is 10.8. The molecule has 2 rings (SSSR count). The van der Waals surface area contributed by atoms with E-state index < -0.39 is 6.09 Å². The van der Waals surface area contributed by atoms with Crippen LogP contribution < -0.4 is 10.1 Å². The summed E-state index contributed by atoms with van der Waals surface area (Å²) in [5.74, 6) is 0.663. The quantitative estimate of drug-likeness (QED) is 0.402. The van der Waals surface area contributed by atoms with Crippen molar-refractivity contribution in [2.24, 2.45) is 0 Å². The first kappa shape index (κ1) is 25.4. The first-order valence-corrected chi connectivity index (χ1v) is 11.8. The number of ether oxygens (including phenoxy) is 4. The summed E-state index contributed by atoms with van der Waals surface area (Å²) in [5.41, 5.74) is 0.623. The molecular formula is C24H40N2O5. The van der Waals surface area contributed by atoms with Crippen molar-refractivity contribution < 1.29 is 23.7 Å². The maximum absolute atomic E-state index is 12.6. The average Bonchev–Trinajstić information content (AvgIpc) is 2.78. The van der Waals surface area contributed by atoms with E-state index in [4.69, 9.17) is 18.9 Å². The average molecular weight is 437 g/mol. The summed E-state index contributed by atoms with van der Waals surface area (Å²) in [5, 5.41) is 2.84. The lowest BCUT2D eigenvalue weighted by Gasteiger charge is -2.30. The van der Waals surface area contributed by atoms with Crippen LogP contribution in [0, 0.1) is 0 Å². The van der Waals surface area contributed by atoms with E-state index in [1.807, 2.05) is 31.2 Å². The van der Waals surface area contributed by atoms with Crippen molar-refractivity contribution in [3.8, 4) is 5.75 Å². The summed E-state index contributed by atoms with van der Waals surface area (Å²) < 4.78 is 22.6. The number of amides is 1. The highest BCUT2D eigenvalue weighted by molar-refractivity contribution is 5.86. The number of para-hydroxylation sites is 2. The molecule has 1 aromatic carbocycles. The summed E-state index contributed by atoms with van der Waals surface area (Å²) in [6, 6.07) is 7.46. The number of hydrogen-bond acceptors (Lipinski definition) is 6. The minimum Gasteiger partial charge on any atom is -0.491 e. The van der Waals surface area contributed by atoms with Crippen molar-refractivity contribution in [2.45, 2.75) is 58.5 Å². The number of benzene rings is 1. The zero-order valence-electron chi connectivity index (χ0n) is 19.3. The molecule has 7 nitrogen and oxygen atoms in total. The Kier molecular flexibility index (Phi) is 13.0. The Hall–Kier alpha value is -1.83. The maximum atomic E-state index is 12.6. The van der Waals surface area contributed by atoms with Gasteiger partial charge in [-0.25, -0.2) is 4.79 Å². The molecule has 0 spiro atoms. The molecule has 7 heteroatoms. The highest BCUT2D eigenvalue weighted by Gasteiger charge is 2.21. The Labute approximate surface area is 187 Å². The molecule has 0 bridgehead atoms. The number of nitrogens with zero attached hydrogens (tertiary/aromatic N) is 1. The Bertz CT molecular complexity index is 607. The molecule has 0 aromatic heterocycles. The van der Waals surface area contributed by atoms with Crippen LogP contribution in [0.2, 0.25) is 0 Å². The molecule has 1 fully saturated rings. The van der Waals surface area contributed by atoms with Gasteiger partial charge < -0.3 is 18.9 Å². The highest BCUT2D eigenvalue weighted by atomic mass is 16.6. The fraction of sp³-hybridized carbons (Fsp3) is 0.708. The largest absolute Gasteiger partial charge is 0.491 e. The Morgan fingerprint density at radius 3 is 2.58 bits per heavy atom. The van der Waals surface area contributed by atoms with E-state index in [2.05, 4.69) is 17.1 Å². The van der Waals surface area contributed by atoms with Crippen molar-refractivity contribution >= 4 is 11.8 Å². The van der Waals surface area contributed by atoms with Crippen LogP contribution in [-0.4, -0.2) is 69.8 Å². The van der Waals surface area contributed by atoms with E-state index in [9.17, 15) is 4.79 Å². The van der Waals surface area contributed by atoms with Gasteiger partial charge in [0.05, 0.1) is 32.1 Å². The molecule has 1 amide bonds. The Morgan fingerprint density at radius 1 is 1.03 bits per heavy atom. The van der Waals surface area contributed by atoms with Gasteiger partial charge in [0.25, 0.3) is 0 Å². The zero-order chi connectivity index (χ0) is 22.2. The van der Waals surface area contributed by atoms with Crippen molar-refractivity contribution in [3.05, 3.63) is 24.3 Å². The molecule has 1 aromatic rings. The minimum atomic E-state index is -0.486. The lowest BCUT2D eigenvalue weighted by molar-refractivity contribution is -0.0130. The topological polar surface area (TPSA) is 69.3 Å². The lowest BCUT2D eigenvalue weighted by Crippen LogP contribution is -2.41. The number of piperidine rings is 1. The van der Waals surface area contributed by atoms with Crippen LogP contribution in [0.4, 0.5) is 10.5 Å². The number of nitrogens with one attached hydrogen (secondary N) is 1. The first-order chi connectivity index (χ1) is 15.2. The van der Waals surface area contributed by atoms with Gasteiger partial charge in [0.15, 0.2) is 0 Å². The van der Waals surface area contributed by atoms with Crippen molar-refractivity contribution in [3.63, 3.8) is 0 Å². The predicted octanol–water partition coefficient (Wildman–Crippen LogP) is 4.71. The van der Waals surface area contributed by atoms with Gasteiger partial charge in [-0.1, -0.05) is 38.3 Å². The summed E-state index contributed by atoms with van der Waals surface area (Å²) in [6.07, 6.45) is 6.08. The van der Waals surface area contributed by atoms with Crippen molar-refractivity contribution in [1.29, 1.82) is 0 Å². The minimum absolute atomic E-state index is 0.336. The van der Waals surface area contributed by atoms with Gasteiger partial charge >= 0.3 is 6.09 Å². The number of unbranched alkanes of at least 4 members (excludes halogenated alkanes) is 2. The van der Waals surface area contributed by atoms with Gasteiger partial charge in [-0.3, -0.25) is 10.2 Å². The maximum Gasteiger partial charge on any atom is 0.412 e. The normalized spacial score (nSPS) is 15.4. The van der Waals surface area contributed by atoms with E-state index in [0.717, 1.165) is 32.4 Å². The second-order valence-electron chi connectivity index (χ2n) is 7.84. The number of carbonyl (C=O) groups is 1. The third-order valence-electron chi connectivity index (χ3n) is 5.19. The molecular weight excluding hydrogens is 396 g/mol. The standard InChI is InChI=1S/C24H40N2O5/c1-3-5-11-16-30-23-13-8-7-12-22(23)25-24(27)31-21(20-29-18-17-28-4-2)19-26-14-9-6-10-15-26/h7-8,12-13,21H,3-6,9-11,14-20H2,1-2H3,(H,25,27). The zero-order valence-corrected chi connectivity index (χ0v) is 19.3. The molecule has 1 aliphatic rings. The summed E-state index contributed by atoms with van der Waals surface area (Å²) in [6.45, 7) is 9.55. The molecule has 0 saturated carbocycles. The third-order valence-corrected chi connectivity index (χ3v) is 5.19. The number of hydrogen-bond donors (Lipinski definition) is 1. The van der Waals surface area contributed by atoms with Gasteiger partial charge in [-0.05, 0) is 51.4 Å². The molecule has 0 aliphatic carbocycles. The van der Waals surface area contributed by atoms with Gasteiger partial charge in [0, 0.05) is 13.2 Å². The number of likely N-dealkylation sites (tertiary alicyclic amines) is 1. The molecule has 1 heterocycles. The van der Waals surface area contributed by atoms with Gasteiger partial charge in [0.2, 0.25) is 0 Å². The number of anilines is 1. The molecule has 0 radical (unpaired) electrons. The molecule has 31 heavy (non-hydrogen) atoms. The molecule has 1 unspecified atom stereocenters.